The fraction of sp³-hybridized carbons (Fsp3) is 0.824. The first-order chi connectivity index (χ1) is 11.5. The molecule has 1 aliphatic heterocycles. The number of hydrogen-bond donors (Lipinski definition) is 2. The van der Waals surface area contributed by atoms with Crippen molar-refractivity contribution in [1.82, 2.24) is 10.6 Å². The lowest BCUT2D eigenvalue weighted by Gasteiger charge is -2.26. The number of hydrogen-bond acceptors (Lipinski definition) is 6. The van der Waals surface area contributed by atoms with Gasteiger partial charge in [0.25, 0.3) is 0 Å². The molecule has 0 radical (unpaired) electrons. The minimum Gasteiger partial charge on any atom is -0.444 e. The molecule has 1 unspecified atom stereocenters. The normalized spacial score (nSPS) is 21.6. The lowest BCUT2D eigenvalue weighted by molar-refractivity contribution is -0.170. The van der Waals surface area contributed by atoms with Crippen LogP contribution in [0.5, 0.6) is 0 Å². The molecule has 2 N–H and O–H groups in total. The summed E-state index contributed by atoms with van der Waals surface area (Å²) in [5.41, 5.74) is -0.650. The van der Waals surface area contributed by atoms with Crippen molar-refractivity contribution in [1.29, 1.82) is 0 Å². The Morgan fingerprint density at radius 1 is 1.24 bits per heavy atom. The van der Waals surface area contributed by atoms with Crippen molar-refractivity contribution in [2.75, 3.05) is 6.61 Å². The Kier molecular flexibility index (Phi) is 7.66. The van der Waals surface area contributed by atoms with E-state index in [1.165, 1.54) is 6.92 Å². The number of nitrogens with one attached hydrogen (secondary N) is 2. The first-order valence-corrected chi connectivity index (χ1v) is 8.56. The molecule has 1 fully saturated rings. The molecule has 0 spiro atoms. The van der Waals surface area contributed by atoms with Gasteiger partial charge < -0.3 is 24.8 Å². The highest BCUT2D eigenvalue weighted by Gasteiger charge is 2.34. The summed E-state index contributed by atoms with van der Waals surface area (Å²) >= 11 is 0. The zero-order valence-corrected chi connectivity index (χ0v) is 15.9. The van der Waals surface area contributed by atoms with Crippen molar-refractivity contribution < 1.29 is 28.6 Å². The molecule has 0 aliphatic carbocycles. The number of carbonyl (C=O) groups excluding carboxylic acids is 3. The van der Waals surface area contributed by atoms with Gasteiger partial charge in [0.15, 0.2) is 0 Å². The highest BCUT2D eigenvalue weighted by Crippen LogP contribution is 2.16. The van der Waals surface area contributed by atoms with Crippen molar-refractivity contribution >= 4 is 18.0 Å². The van der Waals surface area contributed by atoms with Crippen LogP contribution >= 0.6 is 0 Å². The van der Waals surface area contributed by atoms with Gasteiger partial charge in [-0.25, -0.2) is 4.79 Å². The number of amides is 2. The molecule has 0 saturated carbocycles. The third-order valence-electron chi connectivity index (χ3n) is 3.36. The summed E-state index contributed by atoms with van der Waals surface area (Å²) in [6.07, 6.45) is -0.461. The molecule has 1 saturated heterocycles. The van der Waals surface area contributed by atoms with Crippen LogP contribution in [-0.2, 0) is 23.8 Å². The molecule has 1 rings (SSSR count). The summed E-state index contributed by atoms with van der Waals surface area (Å²) < 4.78 is 15.6. The molecule has 2 amide bonds. The topological polar surface area (TPSA) is 103 Å². The first kappa shape index (κ1) is 21.2. The third-order valence-corrected chi connectivity index (χ3v) is 3.36. The largest absolute Gasteiger partial charge is 0.444 e. The van der Waals surface area contributed by atoms with E-state index in [-0.39, 0.29) is 11.8 Å². The fourth-order valence-electron chi connectivity index (χ4n) is 2.42. The van der Waals surface area contributed by atoms with Gasteiger partial charge in [0.1, 0.15) is 11.6 Å². The zero-order valence-electron chi connectivity index (χ0n) is 15.9. The van der Waals surface area contributed by atoms with Gasteiger partial charge >= 0.3 is 12.1 Å². The molecule has 0 bridgehead atoms. The molecule has 25 heavy (non-hydrogen) atoms. The third kappa shape index (κ3) is 8.20. The van der Waals surface area contributed by atoms with Crippen molar-refractivity contribution in [3.8, 4) is 0 Å². The smallest absolute Gasteiger partial charge is 0.408 e. The van der Waals surface area contributed by atoms with Gasteiger partial charge in [0, 0.05) is 6.92 Å². The molecule has 1 aliphatic rings. The van der Waals surface area contributed by atoms with Gasteiger partial charge in [-0.3, -0.25) is 9.59 Å². The second kappa shape index (κ2) is 9.03. The average molecular weight is 358 g/mol. The summed E-state index contributed by atoms with van der Waals surface area (Å²) in [5.74, 6) is -0.640. The first-order valence-electron chi connectivity index (χ1n) is 8.56. The van der Waals surface area contributed by atoms with E-state index in [1.54, 1.807) is 20.8 Å². The van der Waals surface area contributed by atoms with Crippen molar-refractivity contribution in [2.24, 2.45) is 5.92 Å². The van der Waals surface area contributed by atoms with E-state index in [0.29, 0.717) is 19.4 Å². The summed E-state index contributed by atoms with van der Waals surface area (Å²) in [6.45, 7) is 10.8. The Labute approximate surface area is 148 Å². The summed E-state index contributed by atoms with van der Waals surface area (Å²) in [7, 11) is 0. The zero-order chi connectivity index (χ0) is 19.2. The van der Waals surface area contributed by atoms with E-state index in [1.807, 2.05) is 13.8 Å². The SMILES string of the molecule is CC(=O)O[C@@H]1OCC[C@@H]1NC(=O)C(CC(C)C)NC(=O)OC(C)(C)C. The molecule has 0 aromatic carbocycles. The van der Waals surface area contributed by atoms with Crippen molar-refractivity contribution in [2.45, 2.75) is 78.4 Å². The number of esters is 1. The Hall–Kier alpha value is -1.83. The summed E-state index contributed by atoms with van der Waals surface area (Å²) in [4.78, 5) is 35.7. The molecule has 8 heteroatoms. The van der Waals surface area contributed by atoms with Gasteiger partial charge in [-0.1, -0.05) is 13.8 Å². The molecule has 0 aromatic rings. The number of alkyl carbamates (subject to hydrolysis) is 1. The molecule has 0 aromatic heterocycles. The van der Waals surface area contributed by atoms with Crippen molar-refractivity contribution in [3.05, 3.63) is 0 Å². The van der Waals surface area contributed by atoms with E-state index in [9.17, 15) is 14.4 Å². The summed E-state index contributed by atoms with van der Waals surface area (Å²) in [6, 6.07) is -1.18. The van der Waals surface area contributed by atoms with E-state index >= 15 is 0 Å². The Morgan fingerprint density at radius 3 is 2.40 bits per heavy atom. The Balaban J connectivity index is 2.69. The van der Waals surface area contributed by atoms with Gasteiger partial charge in [0.2, 0.25) is 12.2 Å². The lowest BCUT2D eigenvalue weighted by Crippen LogP contribution is -2.53. The maximum atomic E-state index is 12.6. The number of rotatable bonds is 6. The van der Waals surface area contributed by atoms with E-state index in [0.717, 1.165) is 0 Å². The minimum absolute atomic E-state index is 0.190. The quantitative estimate of drug-likeness (QED) is 0.701. The Morgan fingerprint density at radius 2 is 1.88 bits per heavy atom. The standard InChI is InChI=1S/C17H30N2O6/c1-10(2)9-13(19-16(22)25-17(4,5)6)14(21)18-12-7-8-23-15(12)24-11(3)20/h10,12-13,15H,7-9H2,1-6H3,(H,18,21)(H,19,22)/t12-,13?,15-/m0/s1. The van der Waals surface area contributed by atoms with Gasteiger partial charge in [-0.15, -0.1) is 0 Å². The van der Waals surface area contributed by atoms with Gasteiger partial charge in [-0.2, -0.15) is 0 Å². The second-order valence-electron chi connectivity index (χ2n) is 7.58. The maximum Gasteiger partial charge on any atom is 0.408 e. The molecule has 8 nitrogen and oxygen atoms in total. The summed E-state index contributed by atoms with van der Waals surface area (Å²) in [5, 5.41) is 5.41. The molecule has 3 atom stereocenters. The molecule has 144 valence electrons. The van der Waals surface area contributed by atoms with Crippen LogP contribution in [0, 0.1) is 5.92 Å². The molecular weight excluding hydrogens is 328 g/mol. The average Bonchev–Trinajstić information content (AvgIpc) is 2.81. The highest BCUT2D eigenvalue weighted by molar-refractivity contribution is 5.86. The van der Waals surface area contributed by atoms with Crippen LogP contribution in [0.25, 0.3) is 0 Å². The number of ether oxygens (including phenoxy) is 3. The lowest BCUT2D eigenvalue weighted by atomic mass is 10.0. The fourth-order valence-corrected chi connectivity index (χ4v) is 2.42. The predicted octanol–water partition coefficient (Wildman–Crippen LogP) is 1.72. The predicted molar refractivity (Wildman–Crippen MR) is 90.7 cm³/mol. The van der Waals surface area contributed by atoms with Gasteiger partial charge in [0.05, 0.1) is 12.6 Å². The van der Waals surface area contributed by atoms with Crippen LogP contribution in [0.3, 0.4) is 0 Å². The van der Waals surface area contributed by atoms with E-state index in [2.05, 4.69) is 10.6 Å². The minimum atomic E-state index is -0.803. The van der Waals surface area contributed by atoms with Crippen molar-refractivity contribution in [3.63, 3.8) is 0 Å². The Bertz CT molecular complexity index is 486. The second-order valence-corrected chi connectivity index (χ2v) is 7.58. The van der Waals surface area contributed by atoms with Crippen LogP contribution in [0.1, 0.15) is 54.4 Å². The van der Waals surface area contributed by atoms with Crippen LogP contribution in [0.2, 0.25) is 0 Å². The van der Waals surface area contributed by atoms with Crippen LogP contribution in [-0.4, -0.2) is 48.6 Å². The number of carbonyl (C=O) groups is 3. The molecular formula is C17H30N2O6. The van der Waals surface area contributed by atoms with Gasteiger partial charge in [-0.05, 0) is 39.5 Å². The molecule has 1 heterocycles. The van der Waals surface area contributed by atoms with Crippen LogP contribution < -0.4 is 10.6 Å². The highest BCUT2D eigenvalue weighted by atomic mass is 16.7. The van der Waals surface area contributed by atoms with Crippen LogP contribution in [0.4, 0.5) is 4.79 Å². The van der Waals surface area contributed by atoms with Crippen LogP contribution in [0.15, 0.2) is 0 Å². The van der Waals surface area contributed by atoms with E-state index in [4.69, 9.17) is 14.2 Å². The monoisotopic (exact) mass is 358 g/mol. The van der Waals surface area contributed by atoms with E-state index < -0.39 is 36.0 Å². The maximum absolute atomic E-state index is 12.6.